The largest absolute Gasteiger partial charge is 0.493 e. The van der Waals surface area contributed by atoms with Gasteiger partial charge in [0.05, 0.1) is 23.4 Å². The molecule has 3 atom stereocenters. The first-order valence-corrected chi connectivity index (χ1v) is 12.3. The molecule has 14 heteroatoms. The number of alkyl halides is 3. The number of rotatable bonds is 6. The van der Waals surface area contributed by atoms with Gasteiger partial charge in [-0.25, -0.2) is 18.6 Å². The number of carbonyl (C=O) groups is 1. The van der Waals surface area contributed by atoms with Crippen LogP contribution in [0.2, 0.25) is 0 Å². The fourth-order valence-electron chi connectivity index (χ4n) is 5.04. The maximum absolute atomic E-state index is 15.3. The van der Waals surface area contributed by atoms with Crippen molar-refractivity contribution in [1.29, 1.82) is 0 Å². The molecular formula is C25H27F5N6O3. The van der Waals surface area contributed by atoms with Gasteiger partial charge in [-0.1, -0.05) is 0 Å². The minimum atomic E-state index is -4.60. The Kier molecular flexibility index (Phi) is 6.54. The molecule has 3 heterocycles. The lowest BCUT2D eigenvalue weighted by Crippen LogP contribution is -2.37. The van der Waals surface area contributed by atoms with Crippen LogP contribution < -0.4 is 10.1 Å². The van der Waals surface area contributed by atoms with Crippen molar-refractivity contribution in [3.05, 3.63) is 35.8 Å². The Balaban J connectivity index is 1.31. The number of hydrogen-bond acceptors (Lipinski definition) is 7. The molecule has 1 saturated heterocycles. The Morgan fingerprint density at radius 3 is 2.33 bits per heavy atom. The van der Waals surface area contributed by atoms with Crippen molar-refractivity contribution in [2.45, 2.75) is 39.5 Å². The predicted molar refractivity (Wildman–Crippen MR) is 129 cm³/mol. The van der Waals surface area contributed by atoms with E-state index in [0.29, 0.717) is 13.1 Å². The summed E-state index contributed by atoms with van der Waals surface area (Å²) in [6.45, 7) is 6.61. The molecule has 3 aromatic rings. The first-order valence-electron chi connectivity index (χ1n) is 12.3. The van der Waals surface area contributed by atoms with E-state index in [1.807, 2.05) is 0 Å². The molecule has 2 aliphatic rings. The Morgan fingerprint density at radius 1 is 1.10 bits per heavy atom. The van der Waals surface area contributed by atoms with Crippen LogP contribution in [0.5, 0.6) is 5.75 Å². The Bertz CT molecular complexity index is 1380. The molecule has 1 amide bonds. The molecule has 39 heavy (non-hydrogen) atoms. The van der Waals surface area contributed by atoms with Crippen LogP contribution in [0.15, 0.2) is 18.5 Å². The van der Waals surface area contributed by atoms with E-state index in [2.05, 4.69) is 20.4 Å². The number of piperidine rings is 1. The van der Waals surface area contributed by atoms with E-state index in [0.717, 1.165) is 23.0 Å². The van der Waals surface area contributed by atoms with Crippen molar-refractivity contribution in [2.24, 2.45) is 17.8 Å². The van der Waals surface area contributed by atoms with E-state index in [-0.39, 0.29) is 59.1 Å². The summed E-state index contributed by atoms with van der Waals surface area (Å²) >= 11 is 0. The second kappa shape index (κ2) is 9.49. The summed E-state index contributed by atoms with van der Waals surface area (Å²) in [5.41, 5.74) is -1.30. The summed E-state index contributed by atoms with van der Waals surface area (Å²) in [5, 5.41) is 6.03. The summed E-state index contributed by atoms with van der Waals surface area (Å²) in [5.74, 6) is -1.86. The summed E-state index contributed by atoms with van der Waals surface area (Å²) in [4.78, 5) is 21.9. The van der Waals surface area contributed by atoms with Gasteiger partial charge in [-0.15, -0.1) is 0 Å². The minimum absolute atomic E-state index is 0.0260. The van der Waals surface area contributed by atoms with Gasteiger partial charge < -0.3 is 19.7 Å². The highest BCUT2D eigenvalue weighted by atomic mass is 19.4. The molecule has 2 aromatic heterocycles. The Hall–Kier alpha value is -3.71. The maximum Gasteiger partial charge on any atom is 0.410 e. The molecule has 5 rings (SSSR count). The third-order valence-electron chi connectivity index (χ3n) is 6.80. The summed E-state index contributed by atoms with van der Waals surface area (Å²) in [6, 6.07) is 1.98. The molecule has 210 valence electrons. The average Bonchev–Trinajstić information content (AvgIpc) is 3.14. The SMILES string of the molecule is Cc1nc2ncnn2c(NCC(F)(F)F)c1-c1c(F)cc(OCC2[C@H]3CN(C(=O)OC(C)(C)C)C[C@@H]23)cc1F. The fourth-order valence-corrected chi connectivity index (χ4v) is 5.04. The van der Waals surface area contributed by atoms with E-state index in [1.54, 1.807) is 25.7 Å². The average molecular weight is 555 g/mol. The number of likely N-dealkylation sites (tertiary alicyclic amines) is 1. The lowest BCUT2D eigenvalue weighted by Gasteiger charge is -2.26. The highest BCUT2D eigenvalue weighted by Crippen LogP contribution is 2.52. The van der Waals surface area contributed by atoms with Crippen LogP contribution in [0.3, 0.4) is 0 Å². The number of aryl methyl sites for hydroxylation is 1. The number of nitrogens with one attached hydrogen (secondary N) is 1. The van der Waals surface area contributed by atoms with Crippen LogP contribution in [0.25, 0.3) is 16.9 Å². The van der Waals surface area contributed by atoms with Gasteiger partial charge in [-0.2, -0.15) is 27.8 Å². The standard InChI is InChI=1S/C25H27F5N6O3/c1-12-19(21(31-10-25(28,29)30)36-22(34-12)32-11-33-36)20-17(26)5-13(6-18(20)27)38-9-16-14-7-35(8-15(14)16)23(37)39-24(2,3)4/h5-6,11,14-16,31H,7-10H2,1-4H3/t14-,15+,16?. The lowest BCUT2D eigenvalue weighted by molar-refractivity contribution is -0.115. The molecule has 1 saturated carbocycles. The van der Waals surface area contributed by atoms with E-state index < -0.39 is 35.5 Å². The zero-order valence-corrected chi connectivity index (χ0v) is 21.6. The lowest BCUT2D eigenvalue weighted by atomic mass is 10.0. The minimum Gasteiger partial charge on any atom is -0.493 e. The predicted octanol–water partition coefficient (Wildman–Crippen LogP) is 4.84. The molecule has 1 aliphatic heterocycles. The van der Waals surface area contributed by atoms with Crippen LogP contribution in [0, 0.1) is 36.3 Å². The number of anilines is 1. The molecule has 0 radical (unpaired) electrons. The van der Waals surface area contributed by atoms with E-state index in [4.69, 9.17) is 9.47 Å². The number of amides is 1. The fraction of sp³-hybridized carbons (Fsp3) is 0.520. The van der Waals surface area contributed by atoms with E-state index >= 15 is 8.78 Å². The monoisotopic (exact) mass is 554 g/mol. The number of benzene rings is 1. The van der Waals surface area contributed by atoms with E-state index in [9.17, 15) is 18.0 Å². The topological polar surface area (TPSA) is 93.9 Å². The van der Waals surface area contributed by atoms with Crippen molar-refractivity contribution in [1.82, 2.24) is 24.5 Å². The quantitative estimate of drug-likeness (QED) is 0.436. The summed E-state index contributed by atoms with van der Waals surface area (Å²) in [6.07, 6.45) is -3.89. The molecule has 0 spiro atoms. The molecule has 2 fully saturated rings. The number of aromatic nitrogens is 4. The Labute approximate surface area is 220 Å². The van der Waals surface area contributed by atoms with Crippen LogP contribution >= 0.6 is 0 Å². The zero-order chi connectivity index (χ0) is 28.3. The first kappa shape index (κ1) is 26.9. The molecule has 1 aliphatic carbocycles. The molecular weight excluding hydrogens is 527 g/mol. The molecule has 0 bridgehead atoms. The van der Waals surface area contributed by atoms with Crippen LogP contribution in [-0.2, 0) is 4.74 Å². The number of hydrogen-bond donors (Lipinski definition) is 1. The third kappa shape index (κ3) is 5.55. The van der Waals surface area contributed by atoms with Crippen molar-refractivity contribution < 1.29 is 36.2 Å². The number of halogens is 5. The van der Waals surface area contributed by atoms with Gasteiger partial charge in [-0.05, 0) is 39.5 Å². The smallest absolute Gasteiger partial charge is 0.410 e. The number of carbonyl (C=O) groups excluding carboxylic acids is 1. The molecule has 1 N–H and O–H groups in total. The van der Waals surface area contributed by atoms with Gasteiger partial charge in [-0.3, -0.25) is 0 Å². The third-order valence-corrected chi connectivity index (χ3v) is 6.80. The first-order chi connectivity index (χ1) is 18.2. The number of fused-ring (bicyclic) bond motifs is 2. The number of ether oxygens (including phenoxy) is 2. The highest BCUT2D eigenvalue weighted by molar-refractivity contribution is 5.80. The Morgan fingerprint density at radius 2 is 1.74 bits per heavy atom. The van der Waals surface area contributed by atoms with Crippen molar-refractivity contribution >= 4 is 17.7 Å². The van der Waals surface area contributed by atoms with Gasteiger partial charge in [0.1, 0.15) is 41.7 Å². The molecule has 1 aromatic carbocycles. The van der Waals surface area contributed by atoms with E-state index in [1.165, 1.54) is 6.92 Å². The maximum atomic E-state index is 15.3. The molecule has 9 nitrogen and oxygen atoms in total. The summed E-state index contributed by atoms with van der Waals surface area (Å²) < 4.78 is 81.5. The highest BCUT2D eigenvalue weighted by Gasteiger charge is 2.57. The van der Waals surface area contributed by atoms with Gasteiger partial charge in [0, 0.05) is 31.1 Å². The van der Waals surface area contributed by atoms with Crippen LogP contribution in [0.4, 0.5) is 32.6 Å². The second-order valence-electron chi connectivity index (χ2n) is 10.8. The normalized spacial score (nSPS) is 20.7. The molecule has 1 unspecified atom stereocenters. The summed E-state index contributed by atoms with van der Waals surface area (Å²) in [7, 11) is 0. The number of nitrogens with zero attached hydrogens (tertiary/aromatic N) is 5. The van der Waals surface area contributed by atoms with Crippen LogP contribution in [0.1, 0.15) is 26.5 Å². The van der Waals surface area contributed by atoms with Gasteiger partial charge in [0.15, 0.2) is 0 Å². The second-order valence-corrected chi connectivity index (χ2v) is 10.8. The zero-order valence-electron chi connectivity index (χ0n) is 21.6. The van der Waals surface area contributed by atoms with Crippen molar-refractivity contribution in [3.8, 4) is 16.9 Å². The van der Waals surface area contributed by atoms with Gasteiger partial charge in [0.2, 0.25) is 0 Å². The van der Waals surface area contributed by atoms with Crippen molar-refractivity contribution in [3.63, 3.8) is 0 Å². The van der Waals surface area contributed by atoms with Crippen molar-refractivity contribution in [2.75, 3.05) is 31.6 Å². The van der Waals surface area contributed by atoms with Gasteiger partial charge in [0.25, 0.3) is 5.78 Å². The van der Waals surface area contributed by atoms with Gasteiger partial charge >= 0.3 is 12.3 Å². The van der Waals surface area contributed by atoms with Crippen LogP contribution in [-0.4, -0.2) is 68.6 Å².